The van der Waals surface area contributed by atoms with Crippen molar-refractivity contribution in [2.24, 2.45) is 0 Å². The van der Waals surface area contributed by atoms with Crippen LogP contribution < -0.4 is 9.47 Å². The molecule has 4 rings (SSSR count). The molecule has 142 valence electrons. The van der Waals surface area contributed by atoms with Gasteiger partial charge in [-0.25, -0.2) is 0 Å². The molecule has 2 N–H and O–H groups in total. The Bertz CT molecular complexity index is 1010. The van der Waals surface area contributed by atoms with Crippen molar-refractivity contribution in [3.63, 3.8) is 0 Å². The molecule has 0 spiro atoms. The van der Waals surface area contributed by atoms with E-state index in [0.29, 0.717) is 13.2 Å². The largest absolute Gasteiger partial charge is 0.508 e. The third-order valence-corrected chi connectivity index (χ3v) is 4.70. The Morgan fingerprint density at radius 2 is 1.04 bits per heavy atom. The van der Waals surface area contributed by atoms with Crippen LogP contribution in [-0.2, 0) is 0 Å². The molecule has 0 heterocycles. The summed E-state index contributed by atoms with van der Waals surface area (Å²) in [5.41, 5.74) is 0. The van der Waals surface area contributed by atoms with Gasteiger partial charge >= 0.3 is 0 Å². The van der Waals surface area contributed by atoms with Crippen LogP contribution in [0.25, 0.3) is 21.5 Å². The fourth-order valence-electron chi connectivity index (χ4n) is 3.30. The Hall–Kier alpha value is -3.40. The third kappa shape index (κ3) is 3.96. The van der Waals surface area contributed by atoms with Gasteiger partial charge in [-0.1, -0.05) is 24.3 Å². The Morgan fingerprint density at radius 1 is 0.571 bits per heavy atom. The van der Waals surface area contributed by atoms with Crippen molar-refractivity contribution in [1.82, 2.24) is 0 Å². The summed E-state index contributed by atoms with van der Waals surface area (Å²) in [5.74, 6) is 2.16. The second-order valence-corrected chi connectivity index (χ2v) is 6.73. The van der Waals surface area contributed by atoms with E-state index in [1.165, 1.54) is 0 Å². The topological polar surface area (TPSA) is 58.9 Å². The molecule has 0 saturated carbocycles. The predicted molar refractivity (Wildman–Crippen MR) is 111 cm³/mol. The van der Waals surface area contributed by atoms with Gasteiger partial charge in [0, 0.05) is 10.8 Å². The predicted octanol–water partition coefficient (Wildman–Crippen LogP) is 5.64. The summed E-state index contributed by atoms with van der Waals surface area (Å²) in [5, 5.41) is 23.1. The fourth-order valence-corrected chi connectivity index (χ4v) is 3.30. The number of benzene rings is 4. The molecule has 0 fully saturated rings. The molecule has 0 saturated heterocycles. The maximum Gasteiger partial charge on any atom is 0.127 e. The van der Waals surface area contributed by atoms with E-state index in [4.69, 9.17) is 9.47 Å². The lowest BCUT2D eigenvalue weighted by molar-refractivity contribution is 0.269. The summed E-state index contributed by atoms with van der Waals surface area (Å²) in [6.45, 7) is 1.21. The van der Waals surface area contributed by atoms with Gasteiger partial charge in [0.05, 0.1) is 13.2 Å². The Kier molecular flexibility index (Phi) is 5.20. The van der Waals surface area contributed by atoms with E-state index in [1.807, 2.05) is 48.5 Å². The van der Waals surface area contributed by atoms with Crippen molar-refractivity contribution in [3.05, 3.63) is 72.8 Å². The second-order valence-electron chi connectivity index (χ2n) is 6.73. The quantitative estimate of drug-likeness (QED) is 0.411. The monoisotopic (exact) mass is 374 g/mol. The summed E-state index contributed by atoms with van der Waals surface area (Å²) in [7, 11) is 0. The number of hydrogen-bond acceptors (Lipinski definition) is 4. The van der Waals surface area contributed by atoms with Crippen LogP contribution in [0.1, 0.15) is 12.8 Å². The van der Waals surface area contributed by atoms with Crippen molar-refractivity contribution < 1.29 is 19.7 Å². The van der Waals surface area contributed by atoms with E-state index in [-0.39, 0.29) is 11.5 Å². The van der Waals surface area contributed by atoms with Crippen LogP contribution in [-0.4, -0.2) is 23.4 Å². The van der Waals surface area contributed by atoms with Gasteiger partial charge in [0.25, 0.3) is 0 Å². The van der Waals surface area contributed by atoms with Crippen molar-refractivity contribution in [1.29, 1.82) is 0 Å². The van der Waals surface area contributed by atoms with E-state index < -0.39 is 0 Å². The Labute approximate surface area is 163 Å². The molecule has 4 aromatic carbocycles. The summed E-state index contributed by atoms with van der Waals surface area (Å²) in [4.78, 5) is 0. The zero-order valence-corrected chi connectivity index (χ0v) is 15.5. The SMILES string of the molecule is Oc1ccc2c(OCCCCOc3cccc4cc(O)ccc34)cccc2c1. The fraction of sp³-hybridized carbons (Fsp3) is 0.167. The zero-order valence-electron chi connectivity index (χ0n) is 15.5. The maximum absolute atomic E-state index is 9.60. The minimum Gasteiger partial charge on any atom is -0.508 e. The lowest BCUT2D eigenvalue weighted by Crippen LogP contribution is -2.03. The van der Waals surface area contributed by atoms with Crippen LogP contribution in [0, 0.1) is 0 Å². The highest BCUT2D eigenvalue weighted by Gasteiger charge is 2.04. The Balaban J connectivity index is 1.29. The number of unbranched alkanes of at least 4 members (excludes halogenated alkanes) is 1. The summed E-state index contributed by atoms with van der Waals surface area (Å²) < 4.78 is 11.9. The molecule has 0 aliphatic heterocycles. The van der Waals surface area contributed by atoms with Crippen LogP contribution in [0.4, 0.5) is 0 Å². The molecule has 0 unspecified atom stereocenters. The van der Waals surface area contributed by atoms with Gasteiger partial charge in [0.1, 0.15) is 23.0 Å². The highest BCUT2D eigenvalue weighted by atomic mass is 16.5. The average molecular weight is 374 g/mol. The molecule has 0 amide bonds. The van der Waals surface area contributed by atoms with E-state index in [2.05, 4.69) is 0 Å². The molecule has 0 aromatic heterocycles. The van der Waals surface area contributed by atoms with E-state index in [9.17, 15) is 10.2 Å². The first-order valence-corrected chi connectivity index (χ1v) is 9.40. The molecule has 0 aliphatic rings. The van der Waals surface area contributed by atoms with Gasteiger partial charge in [-0.05, 0) is 72.1 Å². The first kappa shape index (κ1) is 18.0. The third-order valence-electron chi connectivity index (χ3n) is 4.70. The van der Waals surface area contributed by atoms with Crippen LogP contribution in [0.15, 0.2) is 72.8 Å². The summed E-state index contributed by atoms with van der Waals surface area (Å²) in [6.07, 6.45) is 1.75. The number of aromatic hydroxyl groups is 2. The van der Waals surface area contributed by atoms with Crippen molar-refractivity contribution in [3.8, 4) is 23.0 Å². The van der Waals surface area contributed by atoms with Gasteiger partial charge in [0.2, 0.25) is 0 Å². The molecule has 0 bridgehead atoms. The van der Waals surface area contributed by atoms with Crippen LogP contribution in [0.3, 0.4) is 0 Å². The molecule has 4 heteroatoms. The minimum atomic E-state index is 0.255. The molecule has 0 atom stereocenters. The molecular formula is C24H22O4. The van der Waals surface area contributed by atoms with Gasteiger partial charge in [-0.2, -0.15) is 0 Å². The van der Waals surface area contributed by atoms with Gasteiger partial charge in [-0.3, -0.25) is 0 Å². The van der Waals surface area contributed by atoms with E-state index in [1.54, 1.807) is 24.3 Å². The first-order chi connectivity index (χ1) is 13.7. The zero-order chi connectivity index (χ0) is 19.3. The molecule has 0 radical (unpaired) electrons. The van der Waals surface area contributed by atoms with E-state index in [0.717, 1.165) is 45.9 Å². The molecule has 4 aromatic rings. The van der Waals surface area contributed by atoms with E-state index >= 15 is 0 Å². The van der Waals surface area contributed by atoms with Crippen LogP contribution in [0.5, 0.6) is 23.0 Å². The molecule has 4 nitrogen and oxygen atoms in total. The lowest BCUT2D eigenvalue weighted by atomic mass is 10.1. The highest BCUT2D eigenvalue weighted by molar-refractivity contribution is 5.90. The smallest absolute Gasteiger partial charge is 0.127 e. The number of rotatable bonds is 7. The van der Waals surface area contributed by atoms with Crippen molar-refractivity contribution >= 4 is 21.5 Å². The first-order valence-electron chi connectivity index (χ1n) is 9.40. The highest BCUT2D eigenvalue weighted by Crippen LogP contribution is 2.29. The van der Waals surface area contributed by atoms with Crippen LogP contribution in [0.2, 0.25) is 0 Å². The molecule has 0 aliphatic carbocycles. The number of phenols is 2. The number of ether oxygens (including phenoxy) is 2. The average Bonchev–Trinajstić information content (AvgIpc) is 2.70. The van der Waals surface area contributed by atoms with Crippen LogP contribution >= 0.6 is 0 Å². The number of fused-ring (bicyclic) bond motifs is 2. The molecule has 28 heavy (non-hydrogen) atoms. The molecular weight excluding hydrogens is 352 g/mol. The standard InChI is InChI=1S/C24H22O4/c25-19-9-11-21-17(15-19)5-3-7-23(21)27-13-1-2-14-28-24-8-4-6-18-16-20(26)10-12-22(18)24/h3-12,15-16,25-26H,1-2,13-14H2. The summed E-state index contributed by atoms with van der Waals surface area (Å²) in [6, 6.07) is 22.2. The van der Waals surface area contributed by atoms with Crippen molar-refractivity contribution in [2.45, 2.75) is 12.8 Å². The number of hydrogen-bond donors (Lipinski definition) is 2. The Morgan fingerprint density at radius 3 is 1.50 bits per heavy atom. The minimum absolute atomic E-state index is 0.255. The van der Waals surface area contributed by atoms with Gasteiger partial charge in [-0.15, -0.1) is 0 Å². The van der Waals surface area contributed by atoms with Crippen molar-refractivity contribution in [2.75, 3.05) is 13.2 Å². The summed E-state index contributed by atoms with van der Waals surface area (Å²) >= 11 is 0. The lowest BCUT2D eigenvalue weighted by Gasteiger charge is -2.11. The normalized spacial score (nSPS) is 11.0. The van der Waals surface area contributed by atoms with Gasteiger partial charge in [0.15, 0.2) is 0 Å². The number of phenolic OH excluding ortho intramolecular Hbond substituents is 2. The van der Waals surface area contributed by atoms with Gasteiger partial charge < -0.3 is 19.7 Å². The maximum atomic E-state index is 9.60. The second kappa shape index (κ2) is 8.09.